The summed E-state index contributed by atoms with van der Waals surface area (Å²) in [6.07, 6.45) is 0.938. The van der Waals surface area contributed by atoms with E-state index in [0.29, 0.717) is 12.5 Å². The molecule has 0 spiro atoms. The molecular formula is C13H18BrNO3. The van der Waals surface area contributed by atoms with Crippen LogP contribution in [0.2, 0.25) is 0 Å². The van der Waals surface area contributed by atoms with Crippen LogP contribution in [0.3, 0.4) is 0 Å². The number of amides is 1. The molecule has 0 aliphatic carbocycles. The molecule has 4 nitrogen and oxygen atoms in total. The number of hydrogen-bond donors (Lipinski definition) is 3. The Morgan fingerprint density at radius 1 is 1.33 bits per heavy atom. The Kier molecular flexibility index (Phi) is 5.47. The fraction of sp³-hybridized carbons (Fsp3) is 0.462. The monoisotopic (exact) mass is 315 g/mol. The number of rotatable bonds is 5. The number of carbonyl (C=O) groups is 1. The minimum absolute atomic E-state index is 0.0817. The minimum atomic E-state index is -0.473. The van der Waals surface area contributed by atoms with Gasteiger partial charge in [-0.1, -0.05) is 35.8 Å². The highest BCUT2D eigenvalue weighted by Gasteiger charge is 2.17. The lowest BCUT2D eigenvalue weighted by atomic mass is 10.1. The first-order valence-corrected chi connectivity index (χ1v) is 6.76. The lowest BCUT2D eigenvalue weighted by Gasteiger charge is -2.14. The van der Waals surface area contributed by atoms with Crippen molar-refractivity contribution in [3.05, 3.63) is 23.8 Å². The Morgan fingerprint density at radius 3 is 2.39 bits per heavy atom. The number of halogens is 1. The van der Waals surface area contributed by atoms with Crippen molar-refractivity contribution >= 4 is 21.8 Å². The van der Waals surface area contributed by atoms with Gasteiger partial charge in [0.05, 0.1) is 0 Å². The lowest BCUT2D eigenvalue weighted by Crippen LogP contribution is -2.30. The highest BCUT2D eigenvalue weighted by molar-refractivity contribution is 9.09. The van der Waals surface area contributed by atoms with Crippen LogP contribution in [-0.4, -0.2) is 27.5 Å². The van der Waals surface area contributed by atoms with Crippen molar-refractivity contribution in [2.45, 2.75) is 25.1 Å². The fourth-order valence-electron chi connectivity index (χ4n) is 1.65. The summed E-state index contributed by atoms with van der Waals surface area (Å²) < 4.78 is 0. The number of phenols is 2. The molecule has 0 bridgehead atoms. The van der Waals surface area contributed by atoms with Gasteiger partial charge in [-0.25, -0.2) is 0 Å². The number of carbonyl (C=O) groups excluding carboxylic acids is 1. The number of nitrogens with one attached hydrogen (secondary N) is 1. The normalized spacial score (nSPS) is 12.4. The van der Waals surface area contributed by atoms with Crippen LogP contribution in [0.1, 0.15) is 30.6 Å². The largest absolute Gasteiger partial charge is 0.507 e. The highest BCUT2D eigenvalue weighted by atomic mass is 79.9. The molecule has 18 heavy (non-hydrogen) atoms. The molecule has 100 valence electrons. The van der Waals surface area contributed by atoms with Crippen LogP contribution in [0, 0.1) is 5.92 Å². The Morgan fingerprint density at radius 2 is 1.89 bits per heavy atom. The van der Waals surface area contributed by atoms with E-state index in [2.05, 4.69) is 35.1 Å². The maximum atomic E-state index is 11.8. The van der Waals surface area contributed by atoms with E-state index in [1.807, 2.05) is 0 Å². The quantitative estimate of drug-likeness (QED) is 0.732. The maximum Gasteiger partial charge on any atom is 0.258 e. The first kappa shape index (κ1) is 14.8. The molecule has 1 amide bonds. The van der Waals surface area contributed by atoms with Gasteiger partial charge in [-0.3, -0.25) is 4.79 Å². The Hall–Kier alpha value is -1.23. The third-order valence-electron chi connectivity index (χ3n) is 2.46. The van der Waals surface area contributed by atoms with Gasteiger partial charge in [0.1, 0.15) is 17.1 Å². The van der Waals surface area contributed by atoms with Crippen LogP contribution >= 0.6 is 15.9 Å². The Labute approximate surface area is 115 Å². The topological polar surface area (TPSA) is 69.6 Å². The predicted octanol–water partition coefficient (Wildman–Crippen LogP) is 2.64. The third kappa shape index (κ3) is 4.22. The first-order chi connectivity index (χ1) is 8.41. The fourth-order valence-corrected chi connectivity index (χ4v) is 2.56. The number of aromatic hydroxyl groups is 2. The molecule has 0 aromatic heterocycles. The average Bonchev–Trinajstić information content (AvgIpc) is 2.25. The third-order valence-corrected chi connectivity index (χ3v) is 3.16. The summed E-state index contributed by atoms with van der Waals surface area (Å²) in [5, 5.41) is 21.8. The number of hydrogen-bond acceptors (Lipinski definition) is 3. The zero-order chi connectivity index (χ0) is 13.7. The van der Waals surface area contributed by atoms with Crippen LogP contribution in [0.15, 0.2) is 18.2 Å². The predicted molar refractivity (Wildman–Crippen MR) is 74.3 cm³/mol. The summed E-state index contributed by atoms with van der Waals surface area (Å²) in [6, 6.07) is 4.22. The van der Waals surface area contributed by atoms with Crippen LogP contribution in [0.25, 0.3) is 0 Å². The molecule has 0 saturated carbocycles. The van der Waals surface area contributed by atoms with E-state index in [1.54, 1.807) is 0 Å². The zero-order valence-electron chi connectivity index (χ0n) is 10.5. The summed E-state index contributed by atoms with van der Waals surface area (Å²) in [5.74, 6) is -0.381. The van der Waals surface area contributed by atoms with E-state index < -0.39 is 5.91 Å². The van der Waals surface area contributed by atoms with E-state index in [-0.39, 0.29) is 21.9 Å². The van der Waals surface area contributed by atoms with Crippen molar-refractivity contribution in [3.63, 3.8) is 0 Å². The molecule has 0 saturated heterocycles. The molecule has 1 aromatic rings. The zero-order valence-corrected chi connectivity index (χ0v) is 12.1. The molecule has 0 heterocycles. The van der Waals surface area contributed by atoms with Crippen LogP contribution in [0.5, 0.6) is 11.5 Å². The molecule has 1 rings (SSSR count). The van der Waals surface area contributed by atoms with Gasteiger partial charge >= 0.3 is 0 Å². The molecule has 0 aliphatic rings. The molecule has 3 N–H and O–H groups in total. The van der Waals surface area contributed by atoms with Crippen LogP contribution in [0.4, 0.5) is 0 Å². The summed E-state index contributed by atoms with van der Waals surface area (Å²) in [5.41, 5.74) is -0.0817. The first-order valence-electron chi connectivity index (χ1n) is 5.85. The van der Waals surface area contributed by atoms with Gasteiger partial charge in [-0.05, 0) is 24.5 Å². The van der Waals surface area contributed by atoms with Gasteiger partial charge in [0, 0.05) is 11.4 Å². The van der Waals surface area contributed by atoms with Crippen molar-refractivity contribution in [2.75, 3.05) is 6.54 Å². The minimum Gasteiger partial charge on any atom is -0.507 e. The van der Waals surface area contributed by atoms with E-state index in [4.69, 9.17) is 0 Å². The second kappa shape index (κ2) is 6.64. The smallest absolute Gasteiger partial charge is 0.258 e. The van der Waals surface area contributed by atoms with Gasteiger partial charge in [0.25, 0.3) is 5.91 Å². The van der Waals surface area contributed by atoms with Crippen molar-refractivity contribution in [3.8, 4) is 11.5 Å². The van der Waals surface area contributed by atoms with E-state index in [1.165, 1.54) is 18.2 Å². The van der Waals surface area contributed by atoms with Crippen molar-refractivity contribution < 1.29 is 15.0 Å². The van der Waals surface area contributed by atoms with Crippen molar-refractivity contribution in [1.82, 2.24) is 5.32 Å². The molecule has 1 atom stereocenters. The van der Waals surface area contributed by atoms with E-state index in [0.717, 1.165) is 6.42 Å². The Bertz CT molecular complexity index is 400. The summed E-state index contributed by atoms with van der Waals surface area (Å²) >= 11 is 3.48. The van der Waals surface area contributed by atoms with E-state index >= 15 is 0 Å². The molecule has 1 unspecified atom stereocenters. The molecule has 0 radical (unpaired) electrons. The van der Waals surface area contributed by atoms with Gasteiger partial charge in [0.2, 0.25) is 0 Å². The summed E-state index contributed by atoms with van der Waals surface area (Å²) in [4.78, 5) is 12.0. The Balaban J connectivity index is 2.61. The SMILES string of the molecule is CC(C)CC(Br)CNC(=O)c1c(O)cccc1O. The standard InChI is InChI=1S/C13H18BrNO3/c1-8(2)6-9(14)7-15-13(18)12-10(16)4-3-5-11(12)17/h3-5,8-9,16-17H,6-7H2,1-2H3,(H,15,18). The molecule has 5 heteroatoms. The summed E-state index contributed by atoms with van der Waals surface area (Å²) in [6.45, 7) is 4.65. The molecule has 0 fully saturated rings. The van der Waals surface area contributed by atoms with Gasteiger partial charge in [-0.2, -0.15) is 0 Å². The number of benzene rings is 1. The lowest BCUT2D eigenvalue weighted by molar-refractivity contribution is 0.0948. The second-order valence-electron chi connectivity index (χ2n) is 4.61. The van der Waals surface area contributed by atoms with Gasteiger partial charge < -0.3 is 15.5 Å². The van der Waals surface area contributed by atoms with Crippen molar-refractivity contribution in [1.29, 1.82) is 0 Å². The highest BCUT2D eigenvalue weighted by Crippen LogP contribution is 2.25. The van der Waals surface area contributed by atoms with Gasteiger partial charge in [0.15, 0.2) is 0 Å². The number of alkyl halides is 1. The maximum absolute atomic E-state index is 11.8. The molecular weight excluding hydrogens is 298 g/mol. The second-order valence-corrected chi connectivity index (χ2v) is 5.90. The van der Waals surface area contributed by atoms with E-state index in [9.17, 15) is 15.0 Å². The van der Waals surface area contributed by atoms with Crippen LogP contribution in [-0.2, 0) is 0 Å². The number of phenolic OH excluding ortho intramolecular Hbond substituents is 2. The average molecular weight is 316 g/mol. The van der Waals surface area contributed by atoms with Gasteiger partial charge in [-0.15, -0.1) is 0 Å². The van der Waals surface area contributed by atoms with Crippen LogP contribution < -0.4 is 5.32 Å². The molecule has 1 aromatic carbocycles. The van der Waals surface area contributed by atoms with Crippen molar-refractivity contribution in [2.24, 2.45) is 5.92 Å². The molecule has 0 aliphatic heterocycles. The summed E-state index contributed by atoms with van der Waals surface area (Å²) in [7, 11) is 0.